The Bertz CT molecular complexity index is 621. The zero-order valence-corrected chi connectivity index (χ0v) is 11.3. The third kappa shape index (κ3) is 3.72. The second kappa shape index (κ2) is 5.84. The fourth-order valence-electron chi connectivity index (χ4n) is 1.09. The van der Waals surface area contributed by atoms with Gasteiger partial charge in [0.25, 0.3) is 0 Å². The minimum absolute atomic E-state index is 0.0277. The van der Waals surface area contributed by atoms with Gasteiger partial charge < -0.3 is 0 Å². The van der Waals surface area contributed by atoms with Crippen LogP contribution in [0.1, 0.15) is 0 Å². The Morgan fingerprint density at radius 3 is 2.72 bits per heavy atom. The quantitative estimate of drug-likeness (QED) is 0.294. The fraction of sp³-hybridized carbons (Fsp3) is 0.200. The van der Waals surface area contributed by atoms with E-state index in [0.29, 0.717) is 0 Å². The number of nitrogens with one attached hydrogen (secondary N) is 1. The van der Waals surface area contributed by atoms with Gasteiger partial charge in [0.15, 0.2) is 21.2 Å². The van der Waals surface area contributed by atoms with E-state index in [1.165, 1.54) is 6.07 Å². The van der Waals surface area contributed by atoms with Crippen molar-refractivity contribution < 1.29 is 12.8 Å². The van der Waals surface area contributed by atoms with Gasteiger partial charge in [-0.15, -0.1) is 0 Å². The predicted octanol–water partition coefficient (Wildman–Crippen LogP) is 1.65. The topological polar surface area (TPSA) is 82.3 Å². The molecule has 0 saturated carbocycles. The SMILES string of the molecule is CSC(=Nc1cc(S(C)(=O)=O)ccc1F)NC#N. The van der Waals surface area contributed by atoms with Gasteiger partial charge in [-0.05, 0) is 24.5 Å². The van der Waals surface area contributed by atoms with Crippen molar-refractivity contribution in [2.24, 2.45) is 4.99 Å². The second-order valence-electron chi connectivity index (χ2n) is 3.24. The molecule has 0 spiro atoms. The molecule has 5 nitrogen and oxygen atoms in total. The molecule has 8 heteroatoms. The molecule has 0 radical (unpaired) electrons. The first kappa shape index (κ1) is 14.5. The summed E-state index contributed by atoms with van der Waals surface area (Å²) in [5.41, 5.74) is -0.134. The lowest BCUT2D eigenvalue weighted by atomic mass is 10.3. The monoisotopic (exact) mass is 287 g/mol. The summed E-state index contributed by atoms with van der Waals surface area (Å²) in [6.07, 6.45) is 4.34. The minimum Gasteiger partial charge on any atom is -0.271 e. The number of hydrogen-bond acceptors (Lipinski definition) is 5. The van der Waals surface area contributed by atoms with Crippen molar-refractivity contribution in [3.05, 3.63) is 24.0 Å². The molecular weight excluding hydrogens is 277 g/mol. The molecule has 0 aliphatic rings. The standard InChI is InChI=1S/C10H10FN3O2S2/c1-17-10(13-6-12)14-9-5-7(18(2,15)16)3-4-8(9)11/h3-5H,1-2H3,(H,13,14). The van der Waals surface area contributed by atoms with Crippen LogP contribution in [0.25, 0.3) is 0 Å². The molecule has 0 aliphatic carbocycles. The number of halogens is 1. The average Bonchev–Trinajstić information content (AvgIpc) is 2.29. The molecule has 0 aromatic heterocycles. The molecule has 0 bridgehead atoms. The fourth-order valence-corrected chi connectivity index (χ4v) is 2.07. The first-order chi connectivity index (χ1) is 8.38. The van der Waals surface area contributed by atoms with Crippen LogP contribution in [-0.4, -0.2) is 26.1 Å². The molecule has 1 aromatic rings. The number of nitriles is 1. The van der Waals surface area contributed by atoms with Gasteiger partial charge in [-0.1, -0.05) is 11.8 Å². The highest BCUT2D eigenvalue weighted by Crippen LogP contribution is 2.23. The maximum atomic E-state index is 13.5. The summed E-state index contributed by atoms with van der Waals surface area (Å²) in [4.78, 5) is 3.82. The molecule has 96 valence electrons. The van der Waals surface area contributed by atoms with E-state index in [1.807, 2.05) is 0 Å². The third-order valence-corrected chi connectivity index (χ3v) is 3.61. The Kier molecular flexibility index (Phi) is 4.69. The molecule has 0 unspecified atom stereocenters. The summed E-state index contributed by atoms with van der Waals surface area (Å²) in [5, 5.41) is 10.9. The van der Waals surface area contributed by atoms with E-state index in [9.17, 15) is 12.8 Å². The average molecular weight is 287 g/mol. The van der Waals surface area contributed by atoms with E-state index >= 15 is 0 Å². The van der Waals surface area contributed by atoms with Crippen LogP contribution in [0, 0.1) is 17.3 Å². The third-order valence-electron chi connectivity index (χ3n) is 1.92. The lowest BCUT2D eigenvalue weighted by Gasteiger charge is -2.03. The van der Waals surface area contributed by atoms with Crippen LogP contribution in [0.4, 0.5) is 10.1 Å². The predicted molar refractivity (Wildman–Crippen MR) is 68.9 cm³/mol. The summed E-state index contributed by atoms with van der Waals surface area (Å²) in [5.74, 6) is -0.659. The van der Waals surface area contributed by atoms with Crippen LogP contribution in [0.3, 0.4) is 0 Å². The second-order valence-corrected chi connectivity index (χ2v) is 6.05. The molecule has 0 fully saturated rings. The summed E-state index contributed by atoms with van der Waals surface area (Å²) in [6, 6.07) is 3.32. The van der Waals surface area contributed by atoms with E-state index < -0.39 is 15.7 Å². The smallest absolute Gasteiger partial charge is 0.183 e. The lowest BCUT2D eigenvalue weighted by molar-refractivity contribution is 0.600. The highest BCUT2D eigenvalue weighted by molar-refractivity contribution is 8.13. The van der Waals surface area contributed by atoms with E-state index in [4.69, 9.17) is 5.26 Å². The molecule has 1 N–H and O–H groups in total. The Morgan fingerprint density at radius 1 is 1.56 bits per heavy atom. The Morgan fingerprint density at radius 2 is 2.22 bits per heavy atom. The summed E-state index contributed by atoms with van der Waals surface area (Å²) < 4.78 is 36.1. The van der Waals surface area contributed by atoms with Gasteiger partial charge in [0.05, 0.1) is 4.90 Å². The van der Waals surface area contributed by atoms with Crippen molar-refractivity contribution in [1.29, 1.82) is 5.26 Å². The molecule has 0 heterocycles. The number of aliphatic imine (C=N–C) groups is 1. The van der Waals surface area contributed by atoms with Gasteiger partial charge in [0, 0.05) is 6.26 Å². The van der Waals surface area contributed by atoms with E-state index in [1.54, 1.807) is 12.4 Å². The number of sulfone groups is 1. The van der Waals surface area contributed by atoms with Gasteiger partial charge in [0.2, 0.25) is 0 Å². The number of rotatable bonds is 2. The van der Waals surface area contributed by atoms with Crippen molar-refractivity contribution in [1.82, 2.24) is 5.32 Å². The normalized spacial score (nSPS) is 12.0. The highest BCUT2D eigenvalue weighted by atomic mass is 32.2. The Hall–Kier alpha value is -1.59. The van der Waals surface area contributed by atoms with Crippen LogP contribution in [0.5, 0.6) is 0 Å². The first-order valence-corrected chi connectivity index (χ1v) is 7.77. The molecule has 0 saturated heterocycles. The van der Waals surface area contributed by atoms with E-state index in [2.05, 4.69) is 10.3 Å². The summed E-state index contributed by atoms with van der Waals surface area (Å²) in [7, 11) is -3.43. The molecular formula is C10H10FN3O2S2. The first-order valence-electron chi connectivity index (χ1n) is 4.66. The van der Waals surface area contributed by atoms with Gasteiger partial charge in [-0.3, -0.25) is 5.32 Å². The van der Waals surface area contributed by atoms with Crippen molar-refractivity contribution in [3.8, 4) is 6.19 Å². The maximum absolute atomic E-state index is 13.5. The van der Waals surface area contributed by atoms with E-state index in [0.717, 1.165) is 30.2 Å². The van der Waals surface area contributed by atoms with Crippen molar-refractivity contribution in [2.75, 3.05) is 12.5 Å². The molecule has 0 aliphatic heterocycles. The van der Waals surface area contributed by atoms with Crippen LogP contribution in [0.15, 0.2) is 28.1 Å². The van der Waals surface area contributed by atoms with Gasteiger partial charge >= 0.3 is 0 Å². The van der Waals surface area contributed by atoms with Crippen molar-refractivity contribution >= 4 is 32.5 Å². The molecule has 1 rings (SSSR count). The van der Waals surface area contributed by atoms with Gasteiger partial charge in [0.1, 0.15) is 11.5 Å². The molecule has 0 amide bonds. The molecule has 1 aromatic carbocycles. The minimum atomic E-state index is -3.43. The van der Waals surface area contributed by atoms with Crippen molar-refractivity contribution in [3.63, 3.8) is 0 Å². The summed E-state index contributed by atoms with van der Waals surface area (Å²) in [6.45, 7) is 0. The zero-order chi connectivity index (χ0) is 13.8. The van der Waals surface area contributed by atoms with Crippen LogP contribution < -0.4 is 5.32 Å². The van der Waals surface area contributed by atoms with Gasteiger partial charge in [-0.2, -0.15) is 5.26 Å². The summed E-state index contributed by atoms with van der Waals surface area (Å²) >= 11 is 1.11. The van der Waals surface area contributed by atoms with Crippen LogP contribution in [0.2, 0.25) is 0 Å². The zero-order valence-electron chi connectivity index (χ0n) is 9.64. The maximum Gasteiger partial charge on any atom is 0.183 e. The van der Waals surface area contributed by atoms with E-state index in [-0.39, 0.29) is 15.8 Å². The Labute approximate surface area is 109 Å². The number of amidine groups is 1. The van der Waals surface area contributed by atoms with Crippen molar-refractivity contribution in [2.45, 2.75) is 4.90 Å². The highest BCUT2D eigenvalue weighted by Gasteiger charge is 2.11. The lowest BCUT2D eigenvalue weighted by Crippen LogP contribution is -2.12. The number of benzene rings is 1. The molecule has 18 heavy (non-hydrogen) atoms. The molecule has 0 atom stereocenters. The van der Waals surface area contributed by atoms with Crippen LogP contribution in [-0.2, 0) is 9.84 Å². The largest absolute Gasteiger partial charge is 0.271 e. The Balaban J connectivity index is 3.29. The number of hydrogen-bond donors (Lipinski definition) is 1. The number of thioether (sulfide) groups is 1. The van der Waals surface area contributed by atoms with Crippen LogP contribution >= 0.6 is 11.8 Å². The van der Waals surface area contributed by atoms with Gasteiger partial charge in [-0.25, -0.2) is 17.8 Å². The number of nitrogens with zero attached hydrogens (tertiary/aromatic N) is 2.